The van der Waals surface area contributed by atoms with Gasteiger partial charge in [-0.1, -0.05) is 36.5 Å². The summed E-state index contributed by atoms with van der Waals surface area (Å²) < 4.78 is 0. The van der Waals surface area contributed by atoms with Gasteiger partial charge in [-0.2, -0.15) is 0 Å². The van der Waals surface area contributed by atoms with E-state index in [0.29, 0.717) is 0 Å². The zero-order valence-electron chi connectivity index (χ0n) is 9.96. The molecular weight excluding hydrogens is 296 g/mol. The largest absolute Gasteiger partial charge is 2.00 e. The van der Waals surface area contributed by atoms with E-state index in [1.807, 2.05) is 0 Å². The zero-order valence-corrected chi connectivity index (χ0v) is 13.4. The van der Waals surface area contributed by atoms with Crippen LogP contribution in [0.25, 0.3) is 0 Å². The minimum atomic E-state index is -1.16. The van der Waals surface area contributed by atoms with E-state index in [1.54, 1.807) is 38.2 Å². The van der Waals surface area contributed by atoms with Crippen LogP contribution in [-0.2, 0) is 9.59 Å². The Balaban J connectivity index is -0.000000218. The summed E-state index contributed by atoms with van der Waals surface area (Å²) in [5.41, 5.74) is 0. The molecule has 88 valence electrons. The van der Waals surface area contributed by atoms with Crippen LogP contribution >= 0.6 is 0 Å². The smallest absolute Gasteiger partial charge is 0.545 e. The third-order valence-corrected chi connectivity index (χ3v) is 1.07. The molecule has 0 aliphatic carbocycles. The summed E-state index contributed by atoms with van der Waals surface area (Å²) in [6.07, 6.45) is 11.5. The number of aliphatic carboxylic acids is 2. The van der Waals surface area contributed by atoms with Crippen LogP contribution in [-0.4, -0.2) is 57.4 Å². The summed E-state index contributed by atoms with van der Waals surface area (Å²) in [4.78, 5) is 19.3. The Kier molecular flexibility index (Phi) is 22.6. The van der Waals surface area contributed by atoms with E-state index in [2.05, 4.69) is 0 Å². The first kappa shape index (κ1) is 21.6. The van der Waals surface area contributed by atoms with Gasteiger partial charge in [0.15, 0.2) is 0 Å². The van der Waals surface area contributed by atoms with Crippen LogP contribution in [0.3, 0.4) is 0 Å². The van der Waals surface area contributed by atoms with Crippen molar-refractivity contribution in [1.29, 1.82) is 0 Å². The summed E-state index contributed by atoms with van der Waals surface area (Å²) in [6.45, 7) is 3.61. The van der Waals surface area contributed by atoms with Crippen LogP contribution in [0.2, 0.25) is 0 Å². The fourth-order valence-electron chi connectivity index (χ4n) is 0.490. The quantitative estimate of drug-likeness (QED) is 0.393. The molecule has 0 rings (SSSR count). The van der Waals surface area contributed by atoms with Gasteiger partial charge in [0.2, 0.25) is 0 Å². The van der Waals surface area contributed by atoms with Gasteiger partial charge in [-0.05, 0) is 26.0 Å². The molecule has 0 aliphatic rings. The minimum Gasteiger partial charge on any atom is -0.545 e. The summed E-state index contributed by atoms with van der Waals surface area (Å²) in [6, 6.07) is 0. The molecule has 17 heavy (non-hydrogen) atoms. The van der Waals surface area contributed by atoms with E-state index in [0.717, 1.165) is 12.2 Å². The molecule has 0 saturated heterocycles. The third-order valence-electron chi connectivity index (χ3n) is 1.07. The first-order chi connectivity index (χ1) is 7.54. The van der Waals surface area contributed by atoms with Crippen molar-refractivity contribution in [2.24, 2.45) is 0 Å². The molecule has 0 bridgehead atoms. The molecular formula is C12H14O4Sr. The van der Waals surface area contributed by atoms with Crippen LogP contribution in [0, 0.1) is 0 Å². The Labute approximate surface area is 138 Å². The number of hydrogen-bond acceptors (Lipinski definition) is 4. The molecule has 0 spiro atoms. The Hall–Kier alpha value is -0.619. The number of carbonyl (C=O) groups is 2. The summed E-state index contributed by atoms with van der Waals surface area (Å²) in [5, 5.41) is 19.3. The average Bonchev–Trinajstić information content (AvgIpc) is 2.18. The molecule has 0 atom stereocenters. The number of carboxylic acids is 2. The standard InChI is InChI=1S/2C6H8O2.Sr/c2*1-2-3-4-5-6(7)8;/h2*2-5H,1H3,(H,7,8);/q;;+2/p-2/b2*3-2+,5-4+;. The second-order valence-corrected chi connectivity index (χ2v) is 2.41. The van der Waals surface area contributed by atoms with Crippen molar-refractivity contribution in [1.82, 2.24) is 0 Å². The Morgan fingerprint density at radius 3 is 1.24 bits per heavy atom. The molecule has 0 aromatic rings. The summed E-state index contributed by atoms with van der Waals surface area (Å²) >= 11 is 0. The van der Waals surface area contributed by atoms with Crippen LogP contribution < -0.4 is 10.2 Å². The van der Waals surface area contributed by atoms with Gasteiger partial charge in [0, 0.05) is 0 Å². The topological polar surface area (TPSA) is 80.3 Å². The minimum absolute atomic E-state index is 0. The SMILES string of the molecule is C/C=C/C=C/C(=O)[O-].C/C=C/C=C/C(=O)[O-].[Sr+2]. The van der Waals surface area contributed by atoms with Gasteiger partial charge in [-0.15, -0.1) is 0 Å². The van der Waals surface area contributed by atoms with E-state index in [1.165, 1.54) is 12.2 Å². The van der Waals surface area contributed by atoms with Crippen molar-refractivity contribution in [2.75, 3.05) is 0 Å². The maximum Gasteiger partial charge on any atom is 2.00 e. The van der Waals surface area contributed by atoms with E-state index < -0.39 is 11.9 Å². The van der Waals surface area contributed by atoms with Crippen molar-refractivity contribution in [3.8, 4) is 0 Å². The summed E-state index contributed by atoms with van der Waals surface area (Å²) in [5.74, 6) is -2.33. The maximum absolute atomic E-state index is 9.64. The van der Waals surface area contributed by atoms with Crippen LogP contribution in [0.15, 0.2) is 48.6 Å². The molecule has 0 saturated carbocycles. The predicted molar refractivity (Wildman–Crippen MR) is 63.7 cm³/mol. The predicted octanol–water partition coefficient (Wildman–Crippen LogP) is -0.644. The zero-order chi connectivity index (χ0) is 12.8. The molecule has 0 heterocycles. The van der Waals surface area contributed by atoms with Crippen LogP contribution in [0.4, 0.5) is 0 Å². The molecule has 0 radical (unpaired) electrons. The van der Waals surface area contributed by atoms with Gasteiger partial charge < -0.3 is 19.8 Å². The van der Waals surface area contributed by atoms with Crippen LogP contribution in [0.5, 0.6) is 0 Å². The van der Waals surface area contributed by atoms with Crippen molar-refractivity contribution in [2.45, 2.75) is 13.8 Å². The summed E-state index contributed by atoms with van der Waals surface area (Å²) in [7, 11) is 0. The fourth-order valence-corrected chi connectivity index (χ4v) is 0.490. The van der Waals surface area contributed by atoms with E-state index in [4.69, 9.17) is 0 Å². The molecule has 0 aromatic carbocycles. The number of carbonyl (C=O) groups excluding carboxylic acids is 2. The second-order valence-electron chi connectivity index (χ2n) is 2.41. The number of rotatable bonds is 4. The monoisotopic (exact) mass is 310 g/mol. The normalized spacial score (nSPS) is 10.5. The Morgan fingerprint density at radius 1 is 0.765 bits per heavy atom. The van der Waals surface area contributed by atoms with Crippen molar-refractivity contribution in [3.63, 3.8) is 0 Å². The average molecular weight is 310 g/mol. The first-order valence-electron chi connectivity index (χ1n) is 4.55. The molecule has 4 nitrogen and oxygen atoms in total. The van der Waals surface area contributed by atoms with Gasteiger partial charge in [0.05, 0.1) is 11.9 Å². The van der Waals surface area contributed by atoms with Gasteiger partial charge in [-0.25, -0.2) is 0 Å². The molecule has 0 fully saturated rings. The second kappa shape index (κ2) is 17.8. The number of hydrogen-bond donors (Lipinski definition) is 0. The molecule has 0 amide bonds. The van der Waals surface area contributed by atoms with Gasteiger partial charge in [0.1, 0.15) is 0 Å². The van der Waals surface area contributed by atoms with Crippen molar-refractivity contribution >= 4 is 57.4 Å². The van der Waals surface area contributed by atoms with E-state index in [9.17, 15) is 19.8 Å². The van der Waals surface area contributed by atoms with Crippen molar-refractivity contribution < 1.29 is 19.8 Å². The van der Waals surface area contributed by atoms with Gasteiger partial charge in [0.25, 0.3) is 0 Å². The van der Waals surface area contributed by atoms with Gasteiger partial charge in [-0.3, -0.25) is 0 Å². The first-order valence-corrected chi connectivity index (χ1v) is 4.55. The molecule has 0 aromatic heterocycles. The maximum atomic E-state index is 9.64. The Bertz CT molecular complexity index is 282. The van der Waals surface area contributed by atoms with Crippen molar-refractivity contribution in [3.05, 3.63) is 48.6 Å². The molecule has 0 N–H and O–H groups in total. The van der Waals surface area contributed by atoms with Crippen LogP contribution in [0.1, 0.15) is 13.8 Å². The number of allylic oxidation sites excluding steroid dienone is 6. The van der Waals surface area contributed by atoms with E-state index >= 15 is 0 Å². The van der Waals surface area contributed by atoms with E-state index in [-0.39, 0.29) is 45.5 Å². The molecule has 0 aliphatic heterocycles. The fraction of sp³-hybridized carbons (Fsp3) is 0.167. The third kappa shape index (κ3) is 31.3. The number of carboxylic acid groups (broad SMARTS) is 2. The molecule has 0 unspecified atom stereocenters. The van der Waals surface area contributed by atoms with Gasteiger partial charge >= 0.3 is 45.5 Å². The molecule has 5 heteroatoms. The Morgan fingerprint density at radius 2 is 1.06 bits per heavy atom.